The Morgan fingerprint density at radius 1 is 1.50 bits per heavy atom. The highest BCUT2D eigenvalue weighted by molar-refractivity contribution is 6.57. The van der Waals surface area contributed by atoms with Gasteiger partial charge in [-0.05, 0) is 18.6 Å². The first-order valence-electron chi connectivity index (χ1n) is 4.69. The smallest absolute Gasteiger partial charge is 0.494 e. The van der Waals surface area contributed by atoms with E-state index in [-0.39, 0.29) is 5.59 Å². The molecule has 76 valence electrons. The van der Waals surface area contributed by atoms with Crippen LogP contribution in [0.1, 0.15) is 19.8 Å². The van der Waals surface area contributed by atoms with Gasteiger partial charge in [0, 0.05) is 6.20 Å². The number of hydrogen-bond acceptors (Lipinski definition) is 4. The fourth-order valence-electron chi connectivity index (χ4n) is 0.993. The highest BCUT2D eigenvalue weighted by Crippen LogP contribution is 2.06. The molecule has 5 heteroatoms. The molecule has 2 N–H and O–H groups in total. The molecule has 0 aliphatic heterocycles. The molecule has 0 amide bonds. The zero-order valence-corrected chi connectivity index (χ0v) is 8.18. The Kier molecular flexibility index (Phi) is 4.42. The van der Waals surface area contributed by atoms with Gasteiger partial charge < -0.3 is 14.8 Å². The maximum atomic E-state index is 8.86. The molecule has 0 aliphatic rings. The maximum Gasteiger partial charge on any atom is 0.508 e. The van der Waals surface area contributed by atoms with Gasteiger partial charge in [-0.25, -0.2) is 0 Å². The van der Waals surface area contributed by atoms with Crippen molar-refractivity contribution in [1.29, 1.82) is 0 Å². The molecule has 1 aromatic rings. The molecule has 0 aromatic carbocycles. The van der Waals surface area contributed by atoms with Gasteiger partial charge in [-0.2, -0.15) is 0 Å². The van der Waals surface area contributed by atoms with Gasteiger partial charge in [0.05, 0.1) is 12.2 Å². The summed E-state index contributed by atoms with van der Waals surface area (Å²) in [5, 5.41) is 17.7. The second-order valence-corrected chi connectivity index (χ2v) is 2.99. The van der Waals surface area contributed by atoms with E-state index in [0.29, 0.717) is 12.4 Å². The van der Waals surface area contributed by atoms with Gasteiger partial charge in [0.25, 0.3) is 0 Å². The third kappa shape index (κ3) is 3.36. The predicted molar refractivity (Wildman–Crippen MR) is 54.5 cm³/mol. The van der Waals surface area contributed by atoms with E-state index in [0.717, 1.165) is 12.8 Å². The molecule has 0 spiro atoms. The van der Waals surface area contributed by atoms with Crippen LogP contribution >= 0.6 is 0 Å². The summed E-state index contributed by atoms with van der Waals surface area (Å²) in [4.78, 5) is 3.79. The molecule has 0 radical (unpaired) electrons. The van der Waals surface area contributed by atoms with Gasteiger partial charge in [-0.1, -0.05) is 13.3 Å². The van der Waals surface area contributed by atoms with Crippen molar-refractivity contribution in [2.75, 3.05) is 6.61 Å². The van der Waals surface area contributed by atoms with Crippen LogP contribution in [0.15, 0.2) is 18.3 Å². The van der Waals surface area contributed by atoms with Gasteiger partial charge >= 0.3 is 7.12 Å². The van der Waals surface area contributed by atoms with Crippen LogP contribution < -0.4 is 10.3 Å². The van der Waals surface area contributed by atoms with Crippen LogP contribution in [-0.4, -0.2) is 28.8 Å². The van der Waals surface area contributed by atoms with Crippen molar-refractivity contribution in [3.05, 3.63) is 18.3 Å². The zero-order chi connectivity index (χ0) is 10.4. The first-order chi connectivity index (χ1) is 6.74. The Balaban J connectivity index is 2.55. The standard InChI is InChI=1S/C9H14BNO3/c1-2-3-6-14-8-4-5-11-9(7-8)10(12)13/h4-5,7,12-13H,2-3,6H2,1H3. The minimum absolute atomic E-state index is 0.207. The maximum absolute atomic E-state index is 8.86. The summed E-state index contributed by atoms with van der Waals surface area (Å²) < 4.78 is 5.38. The van der Waals surface area contributed by atoms with Crippen molar-refractivity contribution < 1.29 is 14.8 Å². The summed E-state index contributed by atoms with van der Waals surface area (Å²) in [6.45, 7) is 2.72. The van der Waals surface area contributed by atoms with Crippen molar-refractivity contribution >= 4 is 12.7 Å². The topological polar surface area (TPSA) is 62.6 Å². The van der Waals surface area contributed by atoms with E-state index in [1.807, 2.05) is 0 Å². The van der Waals surface area contributed by atoms with Crippen LogP contribution in [0.25, 0.3) is 0 Å². The Bertz CT molecular complexity index is 281. The lowest BCUT2D eigenvalue weighted by atomic mass is 9.86. The monoisotopic (exact) mass is 195 g/mol. The summed E-state index contributed by atoms with van der Waals surface area (Å²) in [6.07, 6.45) is 3.55. The largest absolute Gasteiger partial charge is 0.508 e. The summed E-state index contributed by atoms with van der Waals surface area (Å²) in [7, 11) is -1.54. The van der Waals surface area contributed by atoms with E-state index in [9.17, 15) is 0 Å². The molecular formula is C9H14BNO3. The quantitative estimate of drug-likeness (QED) is 0.510. The van der Waals surface area contributed by atoms with Gasteiger partial charge in [0.15, 0.2) is 0 Å². The lowest BCUT2D eigenvalue weighted by molar-refractivity contribution is 0.309. The van der Waals surface area contributed by atoms with Crippen molar-refractivity contribution in [1.82, 2.24) is 4.98 Å². The van der Waals surface area contributed by atoms with E-state index in [4.69, 9.17) is 14.8 Å². The molecule has 1 heterocycles. The molecule has 4 nitrogen and oxygen atoms in total. The van der Waals surface area contributed by atoms with E-state index in [1.54, 1.807) is 6.07 Å². The summed E-state index contributed by atoms with van der Waals surface area (Å²) in [5.41, 5.74) is 0.207. The van der Waals surface area contributed by atoms with Crippen LogP contribution in [0.2, 0.25) is 0 Å². The molecule has 0 unspecified atom stereocenters. The molecule has 0 saturated heterocycles. The molecule has 0 bridgehead atoms. The van der Waals surface area contributed by atoms with Crippen LogP contribution in [0.4, 0.5) is 0 Å². The van der Waals surface area contributed by atoms with Gasteiger partial charge in [0.1, 0.15) is 5.75 Å². The number of nitrogens with zero attached hydrogens (tertiary/aromatic N) is 1. The average Bonchev–Trinajstić information content (AvgIpc) is 2.19. The minimum Gasteiger partial charge on any atom is -0.494 e. The number of ether oxygens (including phenoxy) is 1. The average molecular weight is 195 g/mol. The van der Waals surface area contributed by atoms with Crippen molar-refractivity contribution in [3.63, 3.8) is 0 Å². The SMILES string of the molecule is CCCCOc1ccnc(B(O)O)c1. The minimum atomic E-state index is -1.54. The van der Waals surface area contributed by atoms with Crippen LogP contribution in [-0.2, 0) is 0 Å². The van der Waals surface area contributed by atoms with E-state index < -0.39 is 7.12 Å². The van der Waals surface area contributed by atoms with E-state index in [1.165, 1.54) is 12.3 Å². The second kappa shape index (κ2) is 5.62. The van der Waals surface area contributed by atoms with Crippen molar-refractivity contribution in [2.45, 2.75) is 19.8 Å². The van der Waals surface area contributed by atoms with E-state index in [2.05, 4.69) is 11.9 Å². The molecule has 1 aromatic heterocycles. The molecule has 0 aliphatic carbocycles. The first-order valence-corrected chi connectivity index (χ1v) is 4.69. The molecule has 0 fully saturated rings. The number of unbranched alkanes of at least 4 members (excludes halogenated alkanes) is 1. The van der Waals surface area contributed by atoms with E-state index >= 15 is 0 Å². The second-order valence-electron chi connectivity index (χ2n) is 2.99. The zero-order valence-electron chi connectivity index (χ0n) is 8.18. The van der Waals surface area contributed by atoms with Crippen molar-refractivity contribution in [2.24, 2.45) is 0 Å². The predicted octanol–water partition coefficient (Wildman–Crippen LogP) is -0.0597. The fourth-order valence-corrected chi connectivity index (χ4v) is 0.993. The van der Waals surface area contributed by atoms with Crippen LogP contribution in [0, 0.1) is 0 Å². The number of rotatable bonds is 5. The van der Waals surface area contributed by atoms with Gasteiger partial charge in [-0.3, -0.25) is 4.98 Å². The normalized spacial score (nSPS) is 9.93. The molecule has 0 saturated carbocycles. The highest BCUT2D eigenvalue weighted by Gasteiger charge is 2.12. The molecular weight excluding hydrogens is 181 g/mol. The number of aromatic nitrogens is 1. The Labute approximate surface area is 83.7 Å². The summed E-state index contributed by atoms with van der Waals surface area (Å²) in [6, 6.07) is 3.22. The summed E-state index contributed by atoms with van der Waals surface area (Å²) in [5.74, 6) is 0.622. The third-order valence-corrected chi connectivity index (χ3v) is 1.78. The summed E-state index contributed by atoms with van der Waals surface area (Å²) >= 11 is 0. The Morgan fingerprint density at radius 3 is 2.93 bits per heavy atom. The first kappa shape index (κ1) is 11.0. The fraction of sp³-hybridized carbons (Fsp3) is 0.444. The van der Waals surface area contributed by atoms with Crippen LogP contribution in [0.5, 0.6) is 5.75 Å². The Morgan fingerprint density at radius 2 is 2.29 bits per heavy atom. The highest BCUT2D eigenvalue weighted by atomic mass is 16.5. The van der Waals surface area contributed by atoms with Gasteiger partial charge in [-0.15, -0.1) is 0 Å². The number of pyridine rings is 1. The lowest BCUT2D eigenvalue weighted by Crippen LogP contribution is -2.32. The third-order valence-electron chi connectivity index (χ3n) is 1.78. The molecule has 0 atom stereocenters. The van der Waals surface area contributed by atoms with Crippen LogP contribution in [0.3, 0.4) is 0 Å². The molecule has 1 rings (SSSR count). The number of hydrogen-bond donors (Lipinski definition) is 2. The molecule has 14 heavy (non-hydrogen) atoms. The van der Waals surface area contributed by atoms with Gasteiger partial charge in [0.2, 0.25) is 0 Å². The lowest BCUT2D eigenvalue weighted by Gasteiger charge is -2.06. The van der Waals surface area contributed by atoms with Crippen molar-refractivity contribution in [3.8, 4) is 5.75 Å². The Hall–Kier alpha value is -1.07.